The standard InChI is InChI=1S/C16H24BrN3O/c1-4-7-18-16-13(17)14(9(2)3)19-15(20-16)11-8-10-5-6-12(11)21-10/h9-12H,4-8H2,1-3H3,(H,18,19,20). The SMILES string of the molecule is CCCNc1nc(C2CC3CCC2O3)nc(C(C)C)c1Br. The number of hydrogen-bond acceptors (Lipinski definition) is 4. The van der Waals surface area contributed by atoms with Gasteiger partial charge in [-0.3, -0.25) is 0 Å². The normalized spacial score (nSPS) is 27.6. The summed E-state index contributed by atoms with van der Waals surface area (Å²) < 4.78 is 6.99. The first kappa shape index (κ1) is 15.2. The van der Waals surface area contributed by atoms with Gasteiger partial charge in [-0.15, -0.1) is 0 Å². The van der Waals surface area contributed by atoms with Gasteiger partial charge >= 0.3 is 0 Å². The summed E-state index contributed by atoms with van der Waals surface area (Å²) in [5, 5.41) is 3.43. The van der Waals surface area contributed by atoms with Gasteiger partial charge in [-0.05, 0) is 47.5 Å². The number of anilines is 1. The van der Waals surface area contributed by atoms with E-state index in [1.54, 1.807) is 0 Å². The Morgan fingerprint density at radius 3 is 2.71 bits per heavy atom. The molecular formula is C16H24BrN3O. The number of rotatable bonds is 5. The van der Waals surface area contributed by atoms with Crippen molar-refractivity contribution in [2.45, 2.75) is 70.5 Å². The van der Waals surface area contributed by atoms with Crippen LogP contribution in [0.4, 0.5) is 5.82 Å². The molecule has 0 aliphatic carbocycles. The first-order valence-electron chi connectivity index (χ1n) is 8.06. The van der Waals surface area contributed by atoms with Crippen molar-refractivity contribution < 1.29 is 4.74 Å². The largest absolute Gasteiger partial charge is 0.374 e. The Labute approximate surface area is 135 Å². The minimum atomic E-state index is 0.329. The fourth-order valence-corrected chi connectivity index (χ4v) is 4.08. The Hall–Kier alpha value is -0.680. The highest BCUT2D eigenvalue weighted by atomic mass is 79.9. The van der Waals surface area contributed by atoms with Crippen molar-refractivity contribution in [3.05, 3.63) is 16.0 Å². The number of ether oxygens (including phenoxy) is 1. The van der Waals surface area contributed by atoms with Crippen LogP contribution >= 0.6 is 15.9 Å². The zero-order valence-corrected chi connectivity index (χ0v) is 14.6. The third-order valence-electron chi connectivity index (χ3n) is 4.42. The third-order valence-corrected chi connectivity index (χ3v) is 5.20. The van der Waals surface area contributed by atoms with E-state index in [2.05, 4.69) is 42.0 Å². The van der Waals surface area contributed by atoms with Gasteiger partial charge in [-0.25, -0.2) is 9.97 Å². The molecule has 0 amide bonds. The van der Waals surface area contributed by atoms with Gasteiger partial charge in [0, 0.05) is 12.5 Å². The maximum Gasteiger partial charge on any atom is 0.144 e. The lowest BCUT2D eigenvalue weighted by molar-refractivity contribution is 0.0998. The molecule has 0 radical (unpaired) electrons. The summed E-state index contributed by atoms with van der Waals surface area (Å²) in [6.07, 6.45) is 5.29. The minimum absolute atomic E-state index is 0.329. The molecule has 2 fully saturated rings. The summed E-state index contributed by atoms with van der Waals surface area (Å²) in [6, 6.07) is 0. The molecule has 2 bridgehead atoms. The Balaban J connectivity index is 1.94. The second-order valence-electron chi connectivity index (χ2n) is 6.43. The predicted molar refractivity (Wildman–Crippen MR) is 87.9 cm³/mol. The van der Waals surface area contributed by atoms with Crippen LogP contribution in [0, 0.1) is 0 Å². The molecule has 3 unspecified atom stereocenters. The van der Waals surface area contributed by atoms with Crippen molar-refractivity contribution in [2.24, 2.45) is 0 Å². The lowest BCUT2D eigenvalue weighted by Crippen LogP contribution is -2.19. The van der Waals surface area contributed by atoms with E-state index in [9.17, 15) is 0 Å². The predicted octanol–water partition coefficient (Wildman–Crippen LogP) is 4.22. The van der Waals surface area contributed by atoms with E-state index < -0.39 is 0 Å². The third kappa shape index (κ3) is 2.95. The summed E-state index contributed by atoms with van der Waals surface area (Å²) >= 11 is 3.68. The van der Waals surface area contributed by atoms with Gasteiger partial charge in [0.15, 0.2) is 0 Å². The Kier molecular flexibility index (Phi) is 4.50. The molecule has 5 heteroatoms. The first-order valence-corrected chi connectivity index (χ1v) is 8.86. The maximum absolute atomic E-state index is 5.98. The van der Waals surface area contributed by atoms with Crippen LogP contribution in [0.25, 0.3) is 0 Å². The van der Waals surface area contributed by atoms with Crippen molar-refractivity contribution in [3.63, 3.8) is 0 Å². The molecule has 116 valence electrons. The molecule has 1 aromatic heterocycles. The molecule has 3 atom stereocenters. The van der Waals surface area contributed by atoms with E-state index in [1.807, 2.05) is 0 Å². The zero-order chi connectivity index (χ0) is 15.0. The summed E-state index contributed by atoms with van der Waals surface area (Å²) in [6.45, 7) is 7.45. The van der Waals surface area contributed by atoms with E-state index in [0.717, 1.165) is 47.6 Å². The molecule has 1 N–H and O–H groups in total. The second-order valence-corrected chi connectivity index (χ2v) is 7.22. The van der Waals surface area contributed by atoms with E-state index in [-0.39, 0.29) is 0 Å². The molecule has 3 rings (SSSR count). The molecule has 1 aromatic rings. The average Bonchev–Trinajstić information content (AvgIpc) is 3.08. The van der Waals surface area contributed by atoms with Gasteiger partial charge < -0.3 is 10.1 Å². The Morgan fingerprint density at radius 1 is 1.33 bits per heavy atom. The number of nitrogens with one attached hydrogen (secondary N) is 1. The molecule has 3 heterocycles. The molecule has 2 aliphatic heterocycles. The highest BCUT2D eigenvalue weighted by Gasteiger charge is 2.43. The summed E-state index contributed by atoms with van der Waals surface area (Å²) in [5.74, 6) is 2.65. The number of halogens is 1. The number of hydrogen-bond donors (Lipinski definition) is 1. The Bertz CT molecular complexity index is 520. The van der Waals surface area contributed by atoms with Crippen molar-refractivity contribution in [2.75, 3.05) is 11.9 Å². The van der Waals surface area contributed by atoms with Gasteiger partial charge in [0.2, 0.25) is 0 Å². The summed E-state index contributed by atoms with van der Waals surface area (Å²) in [7, 11) is 0. The van der Waals surface area contributed by atoms with Crippen LogP contribution in [0.5, 0.6) is 0 Å². The van der Waals surface area contributed by atoms with Gasteiger partial charge in [-0.1, -0.05) is 20.8 Å². The second kappa shape index (κ2) is 6.21. The molecule has 0 aromatic carbocycles. The van der Waals surface area contributed by atoms with Crippen molar-refractivity contribution in [3.8, 4) is 0 Å². The fraction of sp³-hybridized carbons (Fsp3) is 0.750. The number of nitrogens with zero attached hydrogens (tertiary/aromatic N) is 2. The van der Waals surface area contributed by atoms with Crippen LogP contribution in [0.2, 0.25) is 0 Å². The molecule has 4 nitrogen and oxygen atoms in total. The van der Waals surface area contributed by atoms with Crippen LogP contribution in [-0.2, 0) is 4.74 Å². The van der Waals surface area contributed by atoms with Crippen LogP contribution in [0.15, 0.2) is 4.47 Å². The Morgan fingerprint density at radius 2 is 2.14 bits per heavy atom. The van der Waals surface area contributed by atoms with E-state index in [0.29, 0.717) is 24.0 Å². The maximum atomic E-state index is 5.98. The molecule has 0 saturated carbocycles. The van der Waals surface area contributed by atoms with Crippen LogP contribution in [-0.4, -0.2) is 28.7 Å². The molecule has 0 spiro atoms. The van der Waals surface area contributed by atoms with Gasteiger partial charge in [0.05, 0.1) is 22.4 Å². The lowest BCUT2D eigenvalue weighted by atomic mass is 9.88. The van der Waals surface area contributed by atoms with Crippen molar-refractivity contribution in [1.29, 1.82) is 0 Å². The van der Waals surface area contributed by atoms with Crippen molar-refractivity contribution in [1.82, 2.24) is 9.97 Å². The highest BCUT2D eigenvalue weighted by molar-refractivity contribution is 9.10. The van der Waals surface area contributed by atoms with Crippen LogP contribution < -0.4 is 5.32 Å². The lowest BCUT2D eigenvalue weighted by Gasteiger charge is -2.21. The van der Waals surface area contributed by atoms with E-state index >= 15 is 0 Å². The van der Waals surface area contributed by atoms with Gasteiger partial charge in [0.1, 0.15) is 11.6 Å². The molecule has 2 aliphatic rings. The van der Waals surface area contributed by atoms with Crippen LogP contribution in [0.3, 0.4) is 0 Å². The quantitative estimate of drug-likeness (QED) is 0.860. The molecular weight excluding hydrogens is 330 g/mol. The fourth-order valence-electron chi connectivity index (χ4n) is 3.30. The van der Waals surface area contributed by atoms with E-state index in [4.69, 9.17) is 14.7 Å². The van der Waals surface area contributed by atoms with Crippen LogP contribution in [0.1, 0.15) is 69.8 Å². The smallest absolute Gasteiger partial charge is 0.144 e. The highest BCUT2D eigenvalue weighted by Crippen LogP contribution is 2.44. The van der Waals surface area contributed by atoms with Gasteiger partial charge in [0.25, 0.3) is 0 Å². The van der Waals surface area contributed by atoms with Gasteiger partial charge in [-0.2, -0.15) is 0 Å². The summed E-state index contributed by atoms with van der Waals surface area (Å²) in [5.41, 5.74) is 1.10. The monoisotopic (exact) mass is 353 g/mol. The minimum Gasteiger partial charge on any atom is -0.374 e. The number of aromatic nitrogens is 2. The topological polar surface area (TPSA) is 47.0 Å². The zero-order valence-electron chi connectivity index (χ0n) is 13.0. The number of fused-ring (bicyclic) bond motifs is 2. The van der Waals surface area contributed by atoms with Crippen molar-refractivity contribution >= 4 is 21.7 Å². The van der Waals surface area contributed by atoms with E-state index in [1.165, 1.54) is 6.42 Å². The summed E-state index contributed by atoms with van der Waals surface area (Å²) in [4.78, 5) is 9.67. The average molecular weight is 354 g/mol. The molecule has 21 heavy (non-hydrogen) atoms. The first-order chi connectivity index (χ1) is 10.1. The molecule has 2 saturated heterocycles.